The van der Waals surface area contributed by atoms with Gasteiger partial charge in [0.15, 0.2) is 11.6 Å². The lowest BCUT2D eigenvalue weighted by atomic mass is 9.96. The van der Waals surface area contributed by atoms with Gasteiger partial charge in [-0.2, -0.15) is 4.98 Å². The molecule has 28 heavy (non-hydrogen) atoms. The number of aromatic nitrogens is 3. The maximum absolute atomic E-state index is 13.5. The quantitative estimate of drug-likeness (QED) is 0.627. The molecule has 0 atom stereocenters. The number of anilines is 3. The zero-order valence-corrected chi connectivity index (χ0v) is 15.3. The van der Waals surface area contributed by atoms with Gasteiger partial charge in [0, 0.05) is 30.1 Å². The Balaban J connectivity index is 1.65. The van der Waals surface area contributed by atoms with Crippen molar-refractivity contribution in [3.8, 4) is 11.4 Å². The van der Waals surface area contributed by atoms with Gasteiger partial charge >= 0.3 is 0 Å². The molecule has 0 aliphatic heterocycles. The van der Waals surface area contributed by atoms with Crippen LogP contribution in [0.25, 0.3) is 11.4 Å². The van der Waals surface area contributed by atoms with Crippen molar-refractivity contribution in [3.05, 3.63) is 60.3 Å². The number of pyridine rings is 1. The first-order valence-corrected chi connectivity index (χ1v) is 9.46. The molecular weight excluding hydrogens is 360 g/mol. The van der Waals surface area contributed by atoms with Crippen LogP contribution in [0.3, 0.4) is 0 Å². The van der Waals surface area contributed by atoms with E-state index in [9.17, 15) is 8.78 Å². The molecule has 5 nitrogen and oxygen atoms in total. The maximum Gasteiger partial charge on any atom is 0.225 e. The summed E-state index contributed by atoms with van der Waals surface area (Å²) in [6, 6.07) is 11.3. The largest absolute Gasteiger partial charge is 0.351 e. The molecule has 0 saturated heterocycles. The summed E-state index contributed by atoms with van der Waals surface area (Å²) < 4.78 is 26.7. The minimum Gasteiger partial charge on any atom is -0.351 e. The van der Waals surface area contributed by atoms with Crippen molar-refractivity contribution in [3.63, 3.8) is 0 Å². The number of nitrogens with one attached hydrogen (secondary N) is 2. The lowest BCUT2D eigenvalue weighted by Gasteiger charge is -2.23. The molecule has 0 amide bonds. The summed E-state index contributed by atoms with van der Waals surface area (Å²) in [6.45, 7) is 0. The molecule has 0 spiro atoms. The van der Waals surface area contributed by atoms with Crippen molar-refractivity contribution in [2.45, 2.75) is 38.1 Å². The first kappa shape index (κ1) is 18.3. The summed E-state index contributed by atoms with van der Waals surface area (Å²) >= 11 is 0. The molecule has 1 fully saturated rings. The first-order chi connectivity index (χ1) is 13.7. The zero-order valence-electron chi connectivity index (χ0n) is 15.3. The molecule has 1 saturated carbocycles. The summed E-state index contributed by atoms with van der Waals surface area (Å²) in [5, 5.41) is 6.45. The summed E-state index contributed by atoms with van der Waals surface area (Å²) in [4.78, 5) is 13.5. The number of benzene rings is 1. The fourth-order valence-electron chi connectivity index (χ4n) is 3.37. The second kappa shape index (κ2) is 8.29. The Bertz CT molecular complexity index is 943. The van der Waals surface area contributed by atoms with Crippen LogP contribution in [0.15, 0.2) is 48.7 Å². The van der Waals surface area contributed by atoms with Crippen molar-refractivity contribution < 1.29 is 8.78 Å². The van der Waals surface area contributed by atoms with Gasteiger partial charge < -0.3 is 10.6 Å². The molecule has 1 aromatic carbocycles. The number of nitrogens with zero attached hydrogens (tertiary/aromatic N) is 3. The third kappa shape index (κ3) is 4.42. The molecule has 1 aliphatic rings. The van der Waals surface area contributed by atoms with E-state index in [-0.39, 0.29) is 0 Å². The third-order valence-corrected chi connectivity index (χ3v) is 4.78. The van der Waals surface area contributed by atoms with Crippen LogP contribution in [0.5, 0.6) is 0 Å². The average Bonchev–Trinajstić information content (AvgIpc) is 2.72. The lowest BCUT2D eigenvalue weighted by Crippen LogP contribution is -2.23. The second-order valence-electron chi connectivity index (χ2n) is 6.91. The SMILES string of the molecule is Fc1ccc(Nc2cc(-c3ccccn3)nc(NC3CCCCC3)n2)cc1F. The highest BCUT2D eigenvalue weighted by Crippen LogP contribution is 2.25. The van der Waals surface area contributed by atoms with Gasteiger partial charge in [-0.1, -0.05) is 25.3 Å². The fourth-order valence-corrected chi connectivity index (χ4v) is 3.37. The summed E-state index contributed by atoms with van der Waals surface area (Å²) in [5.74, 6) is -0.813. The third-order valence-electron chi connectivity index (χ3n) is 4.78. The Kier molecular flexibility index (Phi) is 5.41. The monoisotopic (exact) mass is 381 g/mol. The van der Waals surface area contributed by atoms with Gasteiger partial charge in [0.05, 0.1) is 11.4 Å². The van der Waals surface area contributed by atoms with Crippen molar-refractivity contribution in [2.24, 2.45) is 0 Å². The molecule has 2 N–H and O–H groups in total. The van der Waals surface area contributed by atoms with Crippen molar-refractivity contribution in [2.75, 3.05) is 10.6 Å². The highest BCUT2D eigenvalue weighted by Gasteiger charge is 2.16. The first-order valence-electron chi connectivity index (χ1n) is 9.46. The van der Waals surface area contributed by atoms with E-state index in [1.807, 2.05) is 18.2 Å². The van der Waals surface area contributed by atoms with E-state index in [4.69, 9.17) is 0 Å². The van der Waals surface area contributed by atoms with Gasteiger partial charge in [-0.15, -0.1) is 0 Å². The van der Waals surface area contributed by atoms with E-state index in [0.29, 0.717) is 34.9 Å². The number of hydrogen-bond donors (Lipinski definition) is 2. The number of rotatable bonds is 5. The Labute approximate surface area is 162 Å². The number of halogens is 2. The van der Waals surface area contributed by atoms with Crippen LogP contribution >= 0.6 is 0 Å². The second-order valence-corrected chi connectivity index (χ2v) is 6.91. The Morgan fingerprint density at radius 3 is 2.46 bits per heavy atom. The van der Waals surface area contributed by atoms with E-state index < -0.39 is 11.6 Å². The van der Waals surface area contributed by atoms with Gasteiger partial charge in [0.25, 0.3) is 0 Å². The van der Waals surface area contributed by atoms with Gasteiger partial charge in [-0.3, -0.25) is 4.98 Å². The fraction of sp³-hybridized carbons (Fsp3) is 0.286. The standard InChI is InChI=1S/C21H21F2N5/c22-16-10-9-15(12-17(16)23)25-20-13-19(18-8-4-5-11-24-18)27-21(28-20)26-14-6-2-1-3-7-14/h4-5,8-14H,1-3,6-7H2,(H2,25,26,27,28). The summed E-state index contributed by atoms with van der Waals surface area (Å²) in [7, 11) is 0. The van der Waals surface area contributed by atoms with Gasteiger partial charge in [-0.25, -0.2) is 13.8 Å². The highest BCUT2D eigenvalue weighted by atomic mass is 19.2. The predicted octanol–water partition coefficient (Wildman–Crippen LogP) is 5.31. The molecule has 1 aliphatic carbocycles. The van der Waals surface area contributed by atoms with Crippen LogP contribution in [0.2, 0.25) is 0 Å². The van der Waals surface area contributed by atoms with E-state index >= 15 is 0 Å². The minimum atomic E-state index is -0.912. The summed E-state index contributed by atoms with van der Waals surface area (Å²) in [5.41, 5.74) is 1.78. The minimum absolute atomic E-state index is 0.337. The Morgan fingerprint density at radius 1 is 0.857 bits per heavy atom. The molecule has 0 unspecified atom stereocenters. The normalized spacial score (nSPS) is 14.6. The van der Waals surface area contributed by atoms with Crippen LogP contribution in [0, 0.1) is 11.6 Å². The molecule has 2 heterocycles. The average molecular weight is 381 g/mol. The van der Waals surface area contributed by atoms with Crippen LogP contribution in [0.1, 0.15) is 32.1 Å². The van der Waals surface area contributed by atoms with Crippen LogP contribution in [0.4, 0.5) is 26.2 Å². The molecular formula is C21H21F2N5. The summed E-state index contributed by atoms with van der Waals surface area (Å²) in [6.07, 6.45) is 7.52. The van der Waals surface area contributed by atoms with Crippen molar-refractivity contribution in [1.29, 1.82) is 0 Å². The molecule has 0 bridgehead atoms. The van der Waals surface area contributed by atoms with E-state index in [1.54, 1.807) is 12.3 Å². The predicted molar refractivity (Wildman–Crippen MR) is 105 cm³/mol. The smallest absolute Gasteiger partial charge is 0.225 e. The van der Waals surface area contributed by atoms with E-state index in [2.05, 4.69) is 25.6 Å². The van der Waals surface area contributed by atoms with E-state index in [1.165, 1.54) is 25.3 Å². The van der Waals surface area contributed by atoms with Crippen molar-refractivity contribution in [1.82, 2.24) is 15.0 Å². The molecule has 7 heteroatoms. The van der Waals surface area contributed by atoms with Gasteiger partial charge in [0.1, 0.15) is 5.82 Å². The molecule has 3 aromatic rings. The highest BCUT2D eigenvalue weighted by molar-refractivity contribution is 5.65. The van der Waals surface area contributed by atoms with Crippen LogP contribution in [-0.2, 0) is 0 Å². The van der Waals surface area contributed by atoms with Crippen LogP contribution in [-0.4, -0.2) is 21.0 Å². The number of hydrogen-bond acceptors (Lipinski definition) is 5. The van der Waals surface area contributed by atoms with Crippen molar-refractivity contribution >= 4 is 17.5 Å². The van der Waals surface area contributed by atoms with Gasteiger partial charge in [0.2, 0.25) is 5.95 Å². The Morgan fingerprint density at radius 2 is 1.71 bits per heavy atom. The Hall–Kier alpha value is -3.09. The molecule has 0 radical (unpaired) electrons. The van der Waals surface area contributed by atoms with Gasteiger partial charge in [-0.05, 0) is 37.1 Å². The molecule has 4 rings (SSSR count). The maximum atomic E-state index is 13.5. The molecule has 2 aromatic heterocycles. The van der Waals surface area contributed by atoms with E-state index in [0.717, 1.165) is 25.0 Å². The molecule has 144 valence electrons. The lowest BCUT2D eigenvalue weighted by molar-refractivity contribution is 0.461. The van der Waals surface area contributed by atoms with Crippen LogP contribution < -0.4 is 10.6 Å². The topological polar surface area (TPSA) is 62.7 Å². The zero-order chi connectivity index (χ0) is 19.3.